The number of para-hydroxylation sites is 1. The van der Waals surface area contributed by atoms with Gasteiger partial charge in [-0.15, -0.1) is 0 Å². The molecule has 172 valence electrons. The van der Waals surface area contributed by atoms with Gasteiger partial charge in [-0.25, -0.2) is 0 Å². The molecule has 1 atom stereocenters. The van der Waals surface area contributed by atoms with Crippen LogP contribution in [0, 0.1) is 5.92 Å². The normalized spacial score (nSPS) is 12.0. The van der Waals surface area contributed by atoms with Crippen LogP contribution in [0.3, 0.4) is 0 Å². The van der Waals surface area contributed by atoms with Gasteiger partial charge in [-0.3, -0.25) is 4.79 Å². The topological polar surface area (TPSA) is 35.5 Å². The summed E-state index contributed by atoms with van der Waals surface area (Å²) in [4.78, 5) is 12.4. The van der Waals surface area contributed by atoms with Gasteiger partial charge in [-0.2, -0.15) is 0 Å². The Bertz CT molecular complexity index is 541. The Morgan fingerprint density at radius 2 is 1.33 bits per heavy atom. The van der Waals surface area contributed by atoms with E-state index < -0.39 is 0 Å². The van der Waals surface area contributed by atoms with Crippen molar-refractivity contribution in [1.82, 2.24) is 0 Å². The number of rotatable bonds is 19. The zero-order valence-electron chi connectivity index (χ0n) is 19.9. The first-order valence-electron chi connectivity index (χ1n) is 12.5. The van der Waals surface area contributed by atoms with Gasteiger partial charge in [-0.1, -0.05) is 109 Å². The van der Waals surface area contributed by atoms with Crippen LogP contribution in [0.1, 0.15) is 109 Å². The van der Waals surface area contributed by atoms with Gasteiger partial charge in [0.1, 0.15) is 5.75 Å². The quantitative estimate of drug-likeness (QED) is 0.169. The molecule has 0 amide bonds. The third-order valence-corrected chi connectivity index (χ3v) is 5.94. The lowest BCUT2D eigenvalue weighted by atomic mass is 9.95. The van der Waals surface area contributed by atoms with Crippen LogP contribution in [0.5, 0.6) is 5.75 Å². The maximum absolute atomic E-state index is 12.4. The highest BCUT2D eigenvalue weighted by Gasteiger charge is 2.14. The van der Waals surface area contributed by atoms with Gasteiger partial charge in [0.2, 0.25) is 0 Å². The van der Waals surface area contributed by atoms with E-state index in [0.29, 0.717) is 12.5 Å². The molecule has 0 fully saturated rings. The van der Waals surface area contributed by atoms with Crippen molar-refractivity contribution in [3.63, 3.8) is 0 Å². The van der Waals surface area contributed by atoms with E-state index >= 15 is 0 Å². The highest BCUT2D eigenvalue weighted by Crippen LogP contribution is 2.21. The molecule has 0 aliphatic carbocycles. The number of methoxy groups -OCH3 is 1. The van der Waals surface area contributed by atoms with Crippen molar-refractivity contribution in [1.29, 1.82) is 0 Å². The lowest BCUT2D eigenvalue weighted by molar-refractivity contribution is -0.144. The number of hydrogen-bond acceptors (Lipinski definition) is 3. The lowest BCUT2D eigenvalue weighted by Crippen LogP contribution is -2.16. The molecule has 0 N–H and O–H groups in total. The summed E-state index contributed by atoms with van der Waals surface area (Å²) in [5, 5.41) is 0. The Morgan fingerprint density at radius 1 is 0.800 bits per heavy atom. The molecule has 0 radical (unpaired) electrons. The van der Waals surface area contributed by atoms with Gasteiger partial charge in [0.05, 0.1) is 20.1 Å². The standard InChI is InChI=1S/C27H46O3/c1-4-6-8-10-11-13-15-19-24(18-14-12-9-7-5-2)23-30-27(28)22-25-20-16-17-21-26(25)29-3/h16-17,20-21,24H,4-15,18-19,22-23H2,1-3H3. The second-order valence-corrected chi connectivity index (χ2v) is 8.65. The van der Waals surface area contributed by atoms with E-state index in [2.05, 4.69) is 13.8 Å². The SMILES string of the molecule is CCCCCCCCCC(CCCCCCC)COC(=O)Cc1ccccc1OC. The summed E-state index contributed by atoms with van der Waals surface area (Å²) in [6.07, 6.45) is 18.5. The van der Waals surface area contributed by atoms with Crippen LogP contribution >= 0.6 is 0 Å². The first-order chi connectivity index (χ1) is 14.7. The lowest BCUT2D eigenvalue weighted by Gasteiger charge is -2.17. The van der Waals surface area contributed by atoms with E-state index in [1.807, 2.05) is 24.3 Å². The molecule has 0 aliphatic heterocycles. The van der Waals surface area contributed by atoms with Gasteiger partial charge in [0.15, 0.2) is 0 Å². The summed E-state index contributed by atoms with van der Waals surface area (Å²) < 4.78 is 11.1. The summed E-state index contributed by atoms with van der Waals surface area (Å²) in [5.74, 6) is 1.11. The monoisotopic (exact) mass is 418 g/mol. The Morgan fingerprint density at radius 3 is 1.90 bits per heavy atom. The molecule has 1 unspecified atom stereocenters. The molecule has 0 saturated heterocycles. The van der Waals surface area contributed by atoms with Gasteiger partial charge in [-0.05, 0) is 24.8 Å². The predicted molar refractivity (Wildman–Crippen MR) is 127 cm³/mol. The van der Waals surface area contributed by atoms with Crippen LogP contribution in [-0.2, 0) is 16.0 Å². The van der Waals surface area contributed by atoms with E-state index in [-0.39, 0.29) is 12.4 Å². The Labute approximate surface area is 185 Å². The Balaban J connectivity index is 2.37. The molecule has 1 aromatic rings. The molecule has 3 heteroatoms. The van der Waals surface area contributed by atoms with Crippen molar-refractivity contribution < 1.29 is 14.3 Å². The first kappa shape index (κ1) is 26.5. The summed E-state index contributed by atoms with van der Waals surface area (Å²) in [6.45, 7) is 5.09. The molecule has 0 aliphatic rings. The summed E-state index contributed by atoms with van der Waals surface area (Å²) in [7, 11) is 1.64. The molecule has 30 heavy (non-hydrogen) atoms. The molecule has 3 nitrogen and oxygen atoms in total. The number of ether oxygens (including phenoxy) is 2. The Kier molecular flexibility index (Phi) is 16.2. The number of esters is 1. The third-order valence-electron chi connectivity index (χ3n) is 5.94. The van der Waals surface area contributed by atoms with Gasteiger partial charge in [0, 0.05) is 5.56 Å². The van der Waals surface area contributed by atoms with Crippen molar-refractivity contribution in [2.45, 2.75) is 110 Å². The molecule has 1 rings (SSSR count). The van der Waals surface area contributed by atoms with Crippen molar-refractivity contribution in [3.05, 3.63) is 29.8 Å². The van der Waals surface area contributed by atoms with Gasteiger partial charge in [0.25, 0.3) is 0 Å². The van der Waals surface area contributed by atoms with Gasteiger partial charge >= 0.3 is 5.97 Å². The zero-order chi connectivity index (χ0) is 21.9. The maximum atomic E-state index is 12.4. The summed E-state index contributed by atoms with van der Waals surface area (Å²) in [5.41, 5.74) is 0.896. The van der Waals surface area contributed by atoms with Crippen LogP contribution in [0.2, 0.25) is 0 Å². The fourth-order valence-corrected chi connectivity index (χ4v) is 4.00. The van der Waals surface area contributed by atoms with Crippen molar-refractivity contribution in [3.8, 4) is 5.75 Å². The average Bonchev–Trinajstić information content (AvgIpc) is 2.76. The molecule has 0 bridgehead atoms. The predicted octanol–water partition coefficient (Wildman–Crippen LogP) is 7.90. The zero-order valence-corrected chi connectivity index (χ0v) is 19.9. The smallest absolute Gasteiger partial charge is 0.310 e. The van der Waals surface area contributed by atoms with Crippen LogP contribution in [-0.4, -0.2) is 19.7 Å². The number of carbonyl (C=O) groups excluding carboxylic acids is 1. The second-order valence-electron chi connectivity index (χ2n) is 8.65. The molecule has 0 saturated carbocycles. The fraction of sp³-hybridized carbons (Fsp3) is 0.741. The molecule has 0 spiro atoms. The minimum Gasteiger partial charge on any atom is -0.496 e. The molecule has 1 aromatic carbocycles. The molecular weight excluding hydrogens is 372 g/mol. The number of hydrogen-bond donors (Lipinski definition) is 0. The van der Waals surface area contributed by atoms with Crippen molar-refractivity contribution >= 4 is 5.97 Å². The highest BCUT2D eigenvalue weighted by molar-refractivity contribution is 5.73. The summed E-state index contributed by atoms with van der Waals surface area (Å²) >= 11 is 0. The summed E-state index contributed by atoms with van der Waals surface area (Å²) in [6, 6.07) is 7.68. The van der Waals surface area contributed by atoms with E-state index in [1.54, 1.807) is 7.11 Å². The fourth-order valence-electron chi connectivity index (χ4n) is 4.00. The van der Waals surface area contributed by atoms with E-state index in [4.69, 9.17) is 9.47 Å². The van der Waals surface area contributed by atoms with E-state index in [0.717, 1.165) is 11.3 Å². The van der Waals surface area contributed by atoms with Crippen LogP contribution in [0.4, 0.5) is 0 Å². The molecule has 0 heterocycles. The maximum Gasteiger partial charge on any atom is 0.310 e. The minimum atomic E-state index is -0.143. The average molecular weight is 419 g/mol. The van der Waals surface area contributed by atoms with Crippen molar-refractivity contribution in [2.24, 2.45) is 5.92 Å². The van der Waals surface area contributed by atoms with Crippen molar-refractivity contribution in [2.75, 3.05) is 13.7 Å². The van der Waals surface area contributed by atoms with E-state index in [9.17, 15) is 4.79 Å². The number of carbonyl (C=O) groups is 1. The largest absolute Gasteiger partial charge is 0.496 e. The molecular formula is C27H46O3. The molecule has 0 aromatic heterocycles. The third kappa shape index (κ3) is 12.9. The first-order valence-corrected chi connectivity index (χ1v) is 12.5. The van der Waals surface area contributed by atoms with Crippen LogP contribution in [0.25, 0.3) is 0 Å². The van der Waals surface area contributed by atoms with Gasteiger partial charge < -0.3 is 9.47 Å². The van der Waals surface area contributed by atoms with Crippen LogP contribution < -0.4 is 4.74 Å². The van der Waals surface area contributed by atoms with Crippen LogP contribution in [0.15, 0.2) is 24.3 Å². The highest BCUT2D eigenvalue weighted by atomic mass is 16.5. The Hall–Kier alpha value is -1.51. The minimum absolute atomic E-state index is 0.143. The van der Waals surface area contributed by atoms with E-state index in [1.165, 1.54) is 89.9 Å². The second kappa shape index (κ2) is 18.3. The number of unbranched alkanes of at least 4 members (excludes halogenated alkanes) is 10. The number of benzene rings is 1.